The number of esters is 1. The van der Waals surface area contributed by atoms with E-state index in [0.29, 0.717) is 16.6 Å². The number of urea groups is 1. The third kappa shape index (κ3) is 4.92. The molecule has 1 atom stereocenters. The first-order valence-corrected chi connectivity index (χ1v) is 11.7. The van der Waals surface area contributed by atoms with Crippen LogP contribution in [0.15, 0.2) is 53.3 Å². The van der Waals surface area contributed by atoms with Gasteiger partial charge < -0.3 is 15.0 Å². The Bertz CT molecular complexity index is 1450. The highest BCUT2D eigenvalue weighted by Crippen LogP contribution is 2.30. The molecule has 1 aromatic heterocycles. The molecular weight excluding hydrogens is 478 g/mol. The summed E-state index contributed by atoms with van der Waals surface area (Å²) in [5.41, 5.74) is -1.06. The molecule has 2 N–H and O–H groups in total. The first-order valence-electron chi connectivity index (χ1n) is 11.7. The van der Waals surface area contributed by atoms with E-state index in [1.165, 1.54) is 11.8 Å². The van der Waals surface area contributed by atoms with Crippen LogP contribution >= 0.6 is 0 Å². The minimum atomic E-state index is -2.11. The lowest BCUT2D eigenvalue weighted by atomic mass is 9.87. The van der Waals surface area contributed by atoms with Crippen molar-refractivity contribution in [1.29, 1.82) is 0 Å². The van der Waals surface area contributed by atoms with Gasteiger partial charge in [0, 0.05) is 27.1 Å². The van der Waals surface area contributed by atoms with E-state index >= 15 is 0 Å². The number of nitrogens with zero attached hydrogens (tertiary/aromatic N) is 3. The van der Waals surface area contributed by atoms with E-state index in [0.717, 1.165) is 4.57 Å². The lowest BCUT2D eigenvalue weighted by Crippen LogP contribution is -2.62. The molecule has 1 aliphatic heterocycles. The minimum Gasteiger partial charge on any atom is -0.459 e. The Morgan fingerprint density at radius 3 is 2.51 bits per heavy atom. The first-order chi connectivity index (χ1) is 17.6. The number of fused-ring (bicyclic) bond motifs is 1. The number of piperidine rings is 1. The van der Waals surface area contributed by atoms with Gasteiger partial charge in [0.25, 0.3) is 11.5 Å². The van der Waals surface area contributed by atoms with Crippen LogP contribution in [0, 0.1) is 6.92 Å². The molecule has 4 amide bonds. The molecule has 1 saturated heterocycles. The molecule has 0 saturated carbocycles. The van der Waals surface area contributed by atoms with E-state index in [1.54, 1.807) is 56.6 Å². The summed E-state index contributed by atoms with van der Waals surface area (Å²) in [5, 5.41) is 5.07. The van der Waals surface area contributed by atoms with Crippen LogP contribution in [-0.2, 0) is 37.8 Å². The van der Waals surface area contributed by atoms with Crippen molar-refractivity contribution in [2.45, 2.75) is 38.5 Å². The second-order valence-corrected chi connectivity index (χ2v) is 9.00. The van der Waals surface area contributed by atoms with Crippen LogP contribution in [0.3, 0.4) is 0 Å². The molecule has 0 radical (unpaired) electrons. The van der Waals surface area contributed by atoms with E-state index < -0.39 is 28.9 Å². The summed E-state index contributed by atoms with van der Waals surface area (Å²) in [6, 6.07) is 13.5. The standard InChI is InChI=1S/C26H27N5O6/c1-16-28-20-10-9-18(14-27-25(36)30(2)3)13-19(20)22(33)31(16)26(12-11-21(32)29-23(26)34)24(35)37-15-17-7-5-4-6-8-17/h4-10,13H,11-12,14-15H2,1-3H3,(H,27,36)(H,29,32,34)/t26-/m1/s1. The number of aromatic nitrogens is 2. The smallest absolute Gasteiger partial charge is 0.342 e. The number of carbonyl (C=O) groups is 4. The average Bonchev–Trinajstić information content (AvgIpc) is 2.87. The molecule has 1 fully saturated rings. The van der Waals surface area contributed by atoms with Gasteiger partial charge in [-0.1, -0.05) is 36.4 Å². The van der Waals surface area contributed by atoms with Crippen molar-refractivity contribution in [1.82, 2.24) is 25.1 Å². The quantitative estimate of drug-likeness (QED) is 0.293. The summed E-state index contributed by atoms with van der Waals surface area (Å²) in [6.07, 6.45) is -0.412. The number of hydrogen-bond donors (Lipinski definition) is 2. The highest BCUT2D eigenvalue weighted by Gasteiger charge is 2.54. The molecule has 11 heteroatoms. The van der Waals surface area contributed by atoms with Crippen molar-refractivity contribution in [3.63, 3.8) is 0 Å². The molecule has 0 aliphatic carbocycles. The summed E-state index contributed by atoms with van der Waals surface area (Å²) < 4.78 is 6.53. The van der Waals surface area contributed by atoms with Crippen molar-refractivity contribution in [2.75, 3.05) is 14.1 Å². The summed E-state index contributed by atoms with van der Waals surface area (Å²) in [4.78, 5) is 70.3. The number of hydrogen-bond acceptors (Lipinski definition) is 7. The SMILES string of the molecule is Cc1nc2ccc(CNC(=O)N(C)C)cc2c(=O)n1[C@]1(C(=O)OCc2ccccc2)CCC(=O)NC1=O. The van der Waals surface area contributed by atoms with Crippen LogP contribution in [0.1, 0.15) is 29.8 Å². The molecule has 37 heavy (non-hydrogen) atoms. The monoisotopic (exact) mass is 505 g/mol. The third-order valence-corrected chi connectivity index (χ3v) is 6.22. The summed E-state index contributed by atoms with van der Waals surface area (Å²) >= 11 is 0. The molecule has 4 rings (SSSR count). The molecule has 2 heterocycles. The molecule has 11 nitrogen and oxygen atoms in total. The normalized spacial score (nSPS) is 17.3. The van der Waals surface area contributed by atoms with Crippen LogP contribution in [0.5, 0.6) is 0 Å². The largest absolute Gasteiger partial charge is 0.459 e. The van der Waals surface area contributed by atoms with E-state index in [4.69, 9.17) is 4.74 Å². The van der Waals surface area contributed by atoms with E-state index in [-0.39, 0.29) is 43.2 Å². The molecule has 1 aliphatic rings. The van der Waals surface area contributed by atoms with Crippen molar-refractivity contribution in [3.8, 4) is 0 Å². The van der Waals surface area contributed by atoms with Gasteiger partial charge in [0.2, 0.25) is 11.4 Å². The van der Waals surface area contributed by atoms with E-state index in [9.17, 15) is 24.0 Å². The Morgan fingerprint density at radius 1 is 1.11 bits per heavy atom. The van der Waals surface area contributed by atoms with Crippen molar-refractivity contribution in [2.24, 2.45) is 0 Å². The lowest BCUT2D eigenvalue weighted by Gasteiger charge is -2.35. The van der Waals surface area contributed by atoms with Crippen LogP contribution in [-0.4, -0.2) is 52.4 Å². The maximum Gasteiger partial charge on any atom is 0.342 e. The fraction of sp³-hybridized carbons (Fsp3) is 0.308. The maximum atomic E-state index is 13.8. The Kier molecular flexibility index (Phi) is 7.05. The zero-order valence-electron chi connectivity index (χ0n) is 20.7. The Balaban J connectivity index is 1.78. The second kappa shape index (κ2) is 10.2. The number of rotatable bonds is 6. The number of ether oxygens (including phenoxy) is 1. The van der Waals surface area contributed by atoms with Gasteiger partial charge in [0.15, 0.2) is 0 Å². The van der Waals surface area contributed by atoms with E-state index in [1.807, 2.05) is 6.07 Å². The average molecular weight is 506 g/mol. The zero-order valence-corrected chi connectivity index (χ0v) is 20.7. The van der Waals surface area contributed by atoms with Gasteiger partial charge in [-0.2, -0.15) is 0 Å². The predicted molar refractivity (Wildman–Crippen MR) is 133 cm³/mol. The molecule has 192 valence electrons. The Hall–Kier alpha value is -4.54. The number of nitrogens with one attached hydrogen (secondary N) is 2. The fourth-order valence-corrected chi connectivity index (χ4v) is 4.28. The van der Waals surface area contributed by atoms with Crippen LogP contribution in [0.2, 0.25) is 0 Å². The Labute approximate surface area is 212 Å². The van der Waals surface area contributed by atoms with Gasteiger partial charge in [-0.15, -0.1) is 0 Å². The highest BCUT2D eigenvalue weighted by molar-refractivity contribution is 6.13. The number of imide groups is 1. The third-order valence-electron chi connectivity index (χ3n) is 6.22. The van der Waals surface area contributed by atoms with E-state index in [2.05, 4.69) is 15.6 Å². The van der Waals surface area contributed by atoms with Crippen LogP contribution in [0.25, 0.3) is 10.9 Å². The maximum absolute atomic E-state index is 13.8. The molecule has 2 aromatic carbocycles. The fourth-order valence-electron chi connectivity index (χ4n) is 4.28. The zero-order chi connectivity index (χ0) is 26.7. The van der Waals surface area contributed by atoms with Crippen LogP contribution in [0.4, 0.5) is 4.79 Å². The summed E-state index contributed by atoms with van der Waals surface area (Å²) in [6.45, 7) is 1.55. The summed E-state index contributed by atoms with van der Waals surface area (Å²) in [7, 11) is 3.22. The molecule has 0 unspecified atom stereocenters. The predicted octanol–water partition coefficient (Wildman–Crippen LogP) is 1.35. The van der Waals surface area contributed by atoms with Crippen LogP contribution < -0.4 is 16.2 Å². The molecular formula is C26H27N5O6. The highest BCUT2D eigenvalue weighted by atomic mass is 16.5. The Morgan fingerprint density at radius 2 is 1.84 bits per heavy atom. The topological polar surface area (TPSA) is 140 Å². The second-order valence-electron chi connectivity index (χ2n) is 9.00. The van der Waals surface area contributed by atoms with Crippen molar-refractivity contribution < 1.29 is 23.9 Å². The first kappa shape index (κ1) is 25.5. The van der Waals surface area contributed by atoms with Gasteiger partial charge in [-0.05, 0) is 36.6 Å². The molecule has 0 spiro atoms. The minimum absolute atomic E-state index is 0.118. The van der Waals surface area contributed by atoms with Crippen molar-refractivity contribution in [3.05, 3.63) is 75.8 Å². The van der Waals surface area contributed by atoms with Gasteiger partial charge in [0.05, 0.1) is 10.9 Å². The number of amides is 4. The van der Waals surface area contributed by atoms with Gasteiger partial charge in [0.1, 0.15) is 12.4 Å². The van der Waals surface area contributed by atoms with Gasteiger partial charge in [-0.25, -0.2) is 14.6 Å². The van der Waals surface area contributed by atoms with Gasteiger partial charge in [-0.3, -0.25) is 24.3 Å². The number of aryl methyl sites for hydroxylation is 1. The molecule has 0 bridgehead atoms. The molecule has 3 aromatic rings. The van der Waals surface area contributed by atoms with Crippen molar-refractivity contribution >= 4 is 34.7 Å². The number of carbonyl (C=O) groups excluding carboxylic acids is 4. The number of benzene rings is 2. The summed E-state index contributed by atoms with van der Waals surface area (Å²) in [5.74, 6) is -2.33. The lowest BCUT2D eigenvalue weighted by molar-refractivity contribution is -0.164. The van der Waals surface area contributed by atoms with Gasteiger partial charge >= 0.3 is 12.0 Å².